The number of amides is 2. The number of hydrogen-bond acceptors (Lipinski definition) is 3. The third-order valence-electron chi connectivity index (χ3n) is 1.71. The number of nitrogens with zero attached hydrogens (tertiary/aromatic N) is 2. The van der Waals surface area contributed by atoms with Gasteiger partial charge in [0.25, 0.3) is 0 Å². The van der Waals surface area contributed by atoms with Crippen LogP contribution in [-0.4, -0.2) is 21.3 Å². The second-order valence-corrected chi connectivity index (χ2v) is 2.61. The maximum Gasteiger partial charge on any atom is 0.339 e. The molecule has 0 aliphatic carbocycles. The second-order valence-electron chi connectivity index (χ2n) is 2.61. The summed E-state index contributed by atoms with van der Waals surface area (Å²) in [5, 5.41) is 9.61. The smallest absolute Gasteiger partial charge is 0.339 e. The molecule has 1 heterocycles. The zero-order chi connectivity index (χ0) is 9.84. The van der Waals surface area contributed by atoms with Crippen molar-refractivity contribution >= 4 is 6.03 Å². The van der Waals surface area contributed by atoms with Crippen molar-refractivity contribution in [3.05, 3.63) is 30.1 Å². The van der Waals surface area contributed by atoms with Crippen LogP contribution in [0.5, 0.6) is 0 Å². The first kappa shape index (κ1) is 9.47. The van der Waals surface area contributed by atoms with Gasteiger partial charge >= 0.3 is 6.03 Å². The first-order chi connectivity index (χ1) is 6.13. The van der Waals surface area contributed by atoms with Crippen LogP contribution in [0.2, 0.25) is 0 Å². The lowest BCUT2D eigenvalue weighted by molar-refractivity contribution is -0.0721. The van der Waals surface area contributed by atoms with Gasteiger partial charge < -0.3 is 5.73 Å². The maximum absolute atomic E-state index is 10.6. The highest BCUT2D eigenvalue weighted by Crippen LogP contribution is 2.14. The number of pyridine rings is 1. The third-order valence-corrected chi connectivity index (χ3v) is 1.71. The first-order valence-corrected chi connectivity index (χ1v) is 3.81. The van der Waals surface area contributed by atoms with Crippen LogP contribution in [0.25, 0.3) is 0 Å². The molecule has 1 atom stereocenters. The highest BCUT2D eigenvalue weighted by atomic mass is 16.5. The minimum Gasteiger partial charge on any atom is -0.350 e. The van der Waals surface area contributed by atoms with E-state index < -0.39 is 12.1 Å². The standard InChI is InChI=1S/C8H11N3O2/c1-6(11(13)8(9)12)7-4-2-3-5-10-7/h2-6,13H,1H3,(H2,9,12). The molecule has 1 aromatic rings. The topological polar surface area (TPSA) is 79.4 Å². The number of carbonyl (C=O) groups is 1. The summed E-state index contributed by atoms with van der Waals surface area (Å²) >= 11 is 0. The molecule has 0 saturated heterocycles. The Hall–Kier alpha value is -1.62. The van der Waals surface area contributed by atoms with Crippen LogP contribution >= 0.6 is 0 Å². The zero-order valence-electron chi connectivity index (χ0n) is 7.21. The fourth-order valence-corrected chi connectivity index (χ4v) is 0.939. The Balaban J connectivity index is 2.79. The van der Waals surface area contributed by atoms with Crippen LogP contribution in [0.1, 0.15) is 18.7 Å². The molecule has 2 amide bonds. The fourth-order valence-electron chi connectivity index (χ4n) is 0.939. The summed E-state index contributed by atoms with van der Waals surface area (Å²) in [5.74, 6) is 0. The monoisotopic (exact) mass is 181 g/mol. The quantitative estimate of drug-likeness (QED) is 0.525. The number of hydroxylamine groups is 2. The molecule has 0 fully saturated rings. The molecule has 5 heteroatoms. The molecule has 0 spiro atoms. The number of primary amides is 1. The van der Waals surface area contributed by atoms with Crippen molar-refractivity contribution in [2.24, 2.45) is 5.73 Å². The Bertz CT molecular complexity index is 289. The highest BCUT2D eigenvalue weighted by Gasteiger charge is 2.17. The molecule has 1 unspecified atom stereocenters. The predicted molar refractivity (Wildman–Crippen MR) is 45.9 cm³/mol. The molecule has 1 rings (SSSR count). The number of hydrogen-bond donors (Lipinski definition) is 2. The van der Waals surface area contributed by atoms with E-state index in [4.69, 9.17) is 10.9 Å². The molecular weight excluding hydrogens is 170 g/mol. The van der Waals surface area contributed by atoms with Crippen LogP contribution in [-0.2, 0) is 0 Å². The Morgan fingerprint density at radius 2 is 2.38 bits per heavy atom. The molecule has 0 bridgehead atoms. The van der Waals surface area contributed by atoms with Gasteiger partial charge in [0.15, 0.2) is 0 Å². The number of aromatic nitrogens is 1. The minimum atomic E-state index is -0.891. The molecule has 13 heavy (non-hydrogen) atoms. The molecule has 70 valence electrons. The van der Waals surface area contributed by atoms with E-state index >= 15 is 0 Å². The van der Waals surface area contributed by atoms with E-state index in [2.05, 4.69) is 4.98 Å². The van der Waals surface area contributed by atoms with Gasteiger partial charge in [0, 0.05) is 6.20 Å². The Morgan fingerprint density at radius 1 is 1.69 bits per heavy atom. The molecule has 0 aliphatic heterocycles. The summed E-state index contributed by atoms with van der Waals surface area (Å²) < 4.78 is 0. The van der Waals surface area contributed by atoms with E-state index in [0.717, 1.165) is 0 Å². The van der Waals surface area contributed by atoms with Gasteiger partial charge in [-0.2, -0.15) is 5.06 Å². The number of carbonyl (C=O) groups excluding carboxylic acids is 1. The van der Waals surface area contributed by atoms with E-state index in [9.17, 15) is 4.79 Å². The molecule has 1 aromatic heterocycles. The van der Waals surface area contributed by atoms with Crippen molar-refractivity contribution < 1.29 is 10.0 Å². The van der Waals surface area contributed by atoms with Gasteiger partial charge in [-0.05, 0) is 19.1 Å². The summed E-state index contributed by atoms with van der Waals surface area (Å²) in [6, 6.07) is 3.81. The largest absolute Gasteiger partial charge is 0.350 e. The lowest BCUT2D eigenvalue weighted by Crippen LogP contribution is -2.35. The van der Waals surface area contributed by atoms with Crippen molar-refractivity contribution in [3.63, 3.8) is 0 Å². The van der Waals surface area contributed by atoms with Gasteiger partial charge in [0.2, 0.25) is 0 Å². The molecular formula is C8H11N3O2. The average Bonchev–Trinajstić information content (AvgIpc) is 2.17. The molecule has 0 saturated carbocycles. The van der Waals surface area contributed by atoms with Gasteiger partial charge in [-0.25, -0.2) is 4.79 Å². The van der Waals surface area contributed by atoms with Crippen LogP contribution in [0.3, 0.4) is 0 Å². The van der Waals surface area contributed by atoms with Gasteiger partial charge in [0.05, 0.1) is 5.69 Å². The van der Waals surface area contributed by atoms with Crippen molar-refractivity contribution in [1.29, 1.82) is 0 Å². The van der Waals surface area contributed by atoms with Crippen molar-refractivity contribution in [2.75, 3.05) is 0 Å². The normalized spacial score (nSPS) is 12.2. The van der Waals surface area contributed by atoms with Gasteiger partial charge in [-0.15, -0.1) is 0 Å². The van der Waals surface area contributed by atoms with E-state index in [-0.39, 0.29) is 0 Å². The van der Waals surface area contributed by atoms with Crippen LogP contribution in [0, 0.1) is 0 Å². The van der Waals surface area contributed by atoms with E-state index in [1.54, 1.807) is 31.3 Å². The van der Waals surface area contributed by atoms with Crippen molar-refractivity contribution in [3.8, 4) is 0 Å². The van der Waals surface area contributed by atoms with Crippen LogP contribution in [0.15, 0.2) is 24.4 Å². The number of urea groups is 1. The van der Waals surface area contributed by atoms with Crippen LogP contribution in [0.4, 0.5) is 4.79 Å². The van der Waals surface area contributed by atoms with Crippen molar-refractivity contribution in [2.45, 2.75) is 13.0 Å². The lowest BCUT2D eigenvalue weighted by atomic mass is 10.2. The van der Waals surface area contributed by atoms with E-state index in [1.165, 1.54) is 0 Å². The predicted octanol–water partition coefficient (Wildman–Crippen LogP) is 0.913. The molecule has 5 nitrogen and oxygen atoms in total. The summed E-state index contributed by atoms with van der Waals surface area (Å²) in [6.45, 7) is 1.63. The summed E-state index contributed by atoms with van der Waals surface area (Å²) in [5.41, 5.74) is 5.47. The van der Waals surface area contributed by atoms with E-state index in [1.807, 2.05) is 0 Å². The zero-order valence-corrected chi connectivity index (χ0v) is 7.21. The highest BCUT2D eigenvalue weighted by molar-refractivity contribution is 5.71. The van der Waals surface area contributed by atoms with Gasteiger partial charge in [-0.1, -0.05) is 6.07 Å². The van der Waals surface area contributed by atoms with E-state index in [0.29, 0.717) is 10.8 Å². The molecule has 0 aliphatic rings. The maximum atomic E-state index is 10.6. The summed E-state index contributed by atoms with van der Waals surface area (Å²) in [7, 11) is 0. The van der Waals surface area contributed by atoms with Gasteiger partial charge in [-0.3, -0.25) is 10.2 Å². The Labute approximate surface area is 75.8 Å². The number of nitrogens with two attached hydrogens (primary N) is 1. The average molecular weight is 181 g/mol. The van der Waals surface area contributed by atoms with Crippen LogP contribution < -0.4 is 5.73 Å². The molecule has 0 aromatic carbocycles. The fraction of sp³-hybridized carbons (Fsp3) is 0.250. The number of rotatable bonds is 2. The molecule has 3 N–H and O–H groups in total. The van der Waals surface area contributed by atoms with Gasteiger partial charge in [0.1, 0.15) is 6.04 Å². The summed E-state index contributed by atoms with van der Waals surface area (Å²) in [6.07, 6.45) is 1.58. The SMILES string of the molecule is CC(c1ccccn1)N(O)C(N)=O. The minimum absolute atomic E-state index is 0.447. The Kier molecular flexibility index (Phi) is 2.81. The Morgan fingerprint density at radius 3 is 2.85 bits per heavy atom. The third kappa shape index (κ3) is 2.16. The van der Waals surface area contributed by atoms with Crippen molar-refractivity contribution in [1.82, 2.24) is 10.0 Å². The second kappa shape index (κ2) is 3.86. The summed E-state index contributed by atoms with van der Waals surface area (Å²) in [4.78, 5) is 14.6. The molecule has 0 radical (unpaired) electrons. The lowest BCUT2D eigenvalue weighted by Gasteiger charge is -2.19. The first-order valence-electron chi connectivity index (χ1n) is 3.81.